The molecule has 0 N–H and O–H groups in total. The van der Waals surface area contributed by atoms with Gasteiger partial charge in [0.2, 0.25) is 0 Å². The van der Waals surface area contributed by atoms with E-state index in [1.807, 2.05) is 11.3 Å². The Morgan fingerprint density at radius 2 is 0.745 bits per heavy atom. The fourth-order valence-electron chi connectivity index (χ4n) is 7.91. The van der Waals surface area contributed by atoms with Gasteiger partial charge in [-0.25, -0.2) is 0 Å². The van der Waals surface area contributed by atoms with Crippen molar-refractivity contribution in [3.05, 3.63) is 194 Å². The Bertz CT molecular complexity index is 2840. The number of hydrogen-bond acceptors (Lipinski definition) is 1. The van der Waals surface area contributed by atoms with Crippen molar-refractivity contribution in [3.8, 4) is 54.9 Å². The van der Waals surface area contributed by atoms with Crippen LogP contribution in [0.25, 0.3) is 97.4 Å². The SMILES string of the molecule is c1ccc(-c2sc3cc(-c4cccc(-c5c6ccccc6c(-c6ccc7ccccc7c6)c6ccccc56)c4)ccc3c2-c2ccccc2)cc1. The number of rotatable bonds is 5. The molecule has 0 saturated heterocycles. The van der Waals surface area contributed by atoms with Crippen molar-refractivity contribution in [3.63, 3.8) is 0 Å². The van der Waals surface area contributed by atoms with E-state index in [1.165, 1.54) is 97.4 Å². The zero-order valence-electron chi connectivity index (χ0n) is 27.9. The largest absolute Gasteiger partial charge is 0.135 e. The number of fused-ring (bicyclic) bond motifs is 4. The Balaban J connectivity index is 1.15. The summed E-state index contributed by atoms with van der Waals surface area (Å²) in [4.78, 5) is 1.31. The third-order valence-electron chi connectivity index (χ3n) is 10.2. The van der Waals surface area contributed by atoms with Crippen LogP contribution in [0.15, 0.2) is 194 Å². The van der Waals surface area contributed by atoms with Crippen LogP contribution >= 0.6 is 11.3 Å². The van der Waals surface area contributed by atoms with Gasteiger partial charge in [0.15, 0.2) is 0 Å². The smallest absolute Gasteiger partial charge is 0.0433 e. The van der Waals surface area contributed by atoms with E-state index in [9.17, 15) is 0 Å². The first kappa shape index (κ1) is 29.6. The minimum Gasteiger partial charge on any atom is -0.135 e. The maximum absolute atomic E-state index is 2.39. The Morgan fingerprint density at radius 1 is 0.255 bits per heavy atom. The summed E-state index contributed by atoms with van der Waals surface area (Å²) in [6.07, 6.45) is 0. The molecule has 0 atom stereocenters. The molecule has 0 radical (unpaired) electrons. The highest BCUT2D eigenvalue weighted by Gasteiger charge is 2.19. The van der Waals surface area contributed by atoms with Gasteiger partial charge in [-0.15, -0.1) is 11.3 Å². The third kappa shape index (κ3) is 5.05. The highest BCUT2D eigenvalue weighted by molar-refractivity contribution is 7.23. The molecule has 10 rings (SSSR count). The second-order valence-electron chi connectivity index (χ2n) is 13.2. The number of thiophene rings is 1. The predicted molar refractivity (Wildman–Crippen MR) is 222 cm³/mol. The van der Waals surface area contributed by atoms with Crippen molar-refractivity contribution in [2.45, 2.75) is 0 Å². The predicted octanol–water partition coefficient (Wildman–Crippen LogP) is 14.7. The van der Waals surface area contributed by atoms with Gasteiger partial charge in [-0.05, 0) is 95.0 Å². The number of hydrogen-bond donors (Lipinski definition) is 0. The molecule has 0 fully saturated rings. The topological polar surface area (TPSA) is 0 Å². The van der Waals surface area contributed by atoms with E-state index in [0.717, 1.165) is 0 Å². The molecule has 1 aromatic heterocycles. The minimum atomic E-state index is 1.22. The average Bonchev–Trinajstić information content (AvgIpc) is 3.59. The molecular weight excluding hydrogens is 633 g/mol. The van der Waals surface area contributed by atoms with Gasteiger partial charge in [-0.1, -0.05) is 176 Å². The molecule has 0 aliphatic heterocycles. The van der Waals surface area contributed by atoms with E-state index in [2.05, 4.69) is 194 Å². The summed E-state index contributed by atoms with van der Waals surface area (Å²) in [6, 6.07) is 71.1. The summed E-state index contributed by atoms with van der Waals surface area (Å²) < 4.78 is 1.30. The van der Waals surface area contributed by atoms with Crippen LogP contribution in [0.4, 0.5) is 0 Å². The molecule has 0 spiro atoms. The molecule has 0 saturated carbocycles. The normalized spacial score (nSPS) is 11.5. The van der Waals surface area contributed by atoms with Crippen molar-refractivity contribution in [1.29, 1.82) is 0 Å². The van der Waals surface area contributed by atoms with Crippen LogP contribution in [0, 0.1) is 0 Å². The lowest BCUT2D eigenvalue weighted by Crippen LogP contribution is -1.91. The lowest BCUT2D eigenvalue weighted by Gasteiger charge is -2.18. The first-order valence-electron chi connectivity index (χ1n) is 17.5. The zero-order chi connectivity index (χ0) is 33.7. The standard InChI is InChI=1S/C50H32S/c1-3-15-34(16-4-1)49-45-29-28-38(32-46(45)51-50(49)35-17-5-2-6-18-35)37-20-13-21-39(31-37)47-41-22-9-11-24-43(41)48(44-25-12-10-23-42(44)47)40-27-26-33-14-7-8-19-36(33)30-40/h1-32H. The van der Waals surface area contributed by atoms with Crippen molar-refractivity contribution < 1.29 is 0 Å². The molecule has 10 aromatic rings. The first-order valence-corrected chi connectivity index (χ1v) is 18.3. The van der Waals surface area contributed by atoms with Gasteiger partial charge >= 0.3 is 0 Å². The Hall–Kier alpha value is -6.28. The molecule has 0 bridgehead atoms. The summed E-state index contributed by atoms with van der Waals surface area (Å²) in [5, 5.41) is 8.90. The first-order chi connectivity index (χ1) is 25.3. The van der Waals surface area contributed by atoms with Crippen molar-refractivity contribution >= 4 is 53.7 Å². The maximum atomic E-state index is 2.39. The average molecular weight is 665 g/mol. The van der Waals surface area contributed by atoms with Crippen LogP contribution in [0.5, 0.6) is 0 Å². The second-order valence-corrected chi connectivity index (χ2v) is 14.3. The zero-order valence-corrected chi connectivity index (χ0v) is 28.7. The van der Waals surface area contributed by atoms with E-state index in [0.29, 0.717) is 0 Å². The minimum absolute atomic E-state index is 1.22. The van der Waals surface area contributed by atoms with Gasteiger partial charge in [0.1, 0.15) is 0 Å². The molecule has 0 aliphatic carbocycles. The molecule has 0 amide bonds. The summed E-state index contributed by atoms with van der Waals surface area (Å²) in [5.41, 5.74) is 11.3. The Labute approximate surface area is 301 Å². The third-order valence-corrected chi connectivity index (χ3v) is 11.4. The van der Waals surface area contributed by atoms with Crippen molar-refractivity contribution in [2.75, 3.05) is 0 Å². The summed E-state index contributed by atoms with van der Waals surface area (Å²) in [7, 11) is 0. The molecule has 1 heterocycles. The lowest BCUT2D eigenvalue weighted by molar-refractivity contribution is 1.63. The molecular formula is C50H32S. The van der Waals surface area contributed by atoms with Gasteiger partial charge in [0.05, 0.1) is 0 Å². The Morgan fingerprint density at radius 3 is 1.41 bits per heavy atom. The maximum Gasteiger partial charge on any atom is 0.0433 e. The Kier molecular flexibility index (Phi) is 7.11. The monoisotopic (exact) mass is 664 g/mol. The number of benzene rings is 9. The molecule has 51 heavy (non-hydrogen) atoms. The van der Waals surface area contributed by atoms with E-state index < -0.39 is 0 Å². The highest BCUT2D eigenvalue weighted by atomic mass is 32.1. The molecule has 0 nitrogen and oxygen atoms in total. The van der Waals surface area contributed by atoms with Crippen LogP contribution in [-0.2, 0) is 0 Å². The van der Waals surface area contributed by atoms with Crippen molar-refractivity contribution in [1.82, 2.24) is 0 Å². The molecule has 0 aliphatic rings. The van der Waals surface area contributed by atoms with E-state index >= 15 is 0 Å². The fraction of sp³-hybridized carbons (Fsp3) is 0. The highest BCUT2D eigenvalue weighted by Crippen LogP contribution is 2.47. The van der Waals surface area contributed by atoms with Crippen LogP contribution in [0.2, 0.25) is 0 Å². The van der Waals surface area contributed by atoms with E-state index in [1.54, 1.807) is 0 Å². The summed E-state index contributed by atoms with van der Waals surface area (Å²) in [6.45, 7) is 0. The molecule has 9 aromatic carbocycles. The van der Waals surface area contributed by atoms with E-state index in [4.69, 9.17) is 0 Å². The fourth-order valence-corrected chi connectivity index (χ4v) is 9.18. The van der Waals surface area contributed by atoms with Crippen LogP contribution in [-0.4, -0.2) is 0 Å². The van der Waals surface area contributed by atoms with Crippen LogP contribution in [0.1, 0.15) is 0 Å². The van der Waals surface area contributed by atoms with E-state index in [-0.39, 0.29) is 0 Å². The molecule has 0 unspecified atom stereocenters. The van der Waals surface area contributed by atoms with Gasteiger partial charge in [0, 0.05) is 20.5 Å². The van der Waals surface area contributed by atoms with Gasteiger partial charge in [-0.3, -0.25) is 0 Å². The van der Waals surface area contributed by atoms with Crippen molar-refractivity contribution in [2.24, 2.45) is 0 Å². The molecule has 238 valence electrons. The molecule has 1 heteroatoms. The van der Waals surface area contributed by atoms with Gasteiger partial charge in [-0.2, -0.15) is 0 Å². The van der Waals surface area contributed by atoms with Crippen LogP contribution in [0.3, 0.4) is 0 Å². The quantitative estimate of drug-likeness (QED) is 0.161. The second kappa shape index (κ2) is 12.2. The van der Waals surface area contributed by atoms with Gasteiger partial charge in [0.25, 0.3) is 0 Å². The summed E-state index contributed by atoms with van der Waals surface area (Å²) >= 11 is 1.89. The van der Waals surface area contributed by atoms with Crippen LogP contribution < -0.4 is 0 Å². The lowest BCUT2D eigenvalue weighted by atomic mass is 9.85. The summed E-state index contributed by atoms with van der Waals surface area (Å²) in [5.74, 6) is 0. The van der Waals surface area contributed by atoms with Gasteiger partial charge < -0.3 is 0 Å².